The Morgan fingerprint density at radius 3 is 2.85 bits per heavy atom. The minimum absolute atomic E-state index is 0.165. The van der Waals surface area contributed by atoms with Crippen molar-refractivity contribution in [1.82, 2.24) is 9.80 Å². The van der Waals surface area contributed by atoms with E-state index < -0.39 is 0 Å². The average Bonchev–Trinajstić information content (AvgIpc) is 2.48. The second-order valence-corrected chi connectivity index (χ2v) is 5.02. The number of carbonyl (C=O) groups is 1. The third-order valence-corrected chi connectivity index (χ3v) is 3.36. The van der Waals surface area contributed by atoms with Gasteiger partial charge in [0.1, 0.15) is 5.75 Å². The maximum Gasteiger partial charge on any atom is 0.236 e. The lowest BCUT2D eigenvalue weighted by Crippen LogP contribution is -2.44. The fourth-order valence-corrected chi connectivity index (χ4v) is 2.28. The molecule has 1 aliphatic heterocycles. The number of benzene rings is 1. The molecule has 0 saturated carbocycles. The average molecular weight is 278 g/mol. The molecule has 0 atom stereocenters. The largest absolute Gasteiger partial charge is 0.497 e. The first kappa shape index (κ1) is 14.8. The van der Waals surface area contributed by atoms with Crippen molar-refractivity contribution in [2.45, 2.75) is 6.54 Å². The van der Waals surface area contributed by atoms with Gasteiger partial charge in [-0.15, -0.1) is 0 Å². The number of morpholine rings is 1. The van der Waals surface area contributed by atoms with E-state index in [-0.39, 0.29) is 5.91 Å². The molecule has 1 aromatic carbocycles. The number of carbonyl (C=O) groups excluding carboxylic acids is 1. The van der Waals surface area contributed by atoms with Gasteiger partial charge in [-0.3, -0.25) is 9.69 Å². The van der Waals surface area contributed by atoms with Gasteiger partial charge in [-0.25, -0.2) is 0 Å². The molecule has 0 unspecified atom stereocenters. The van der Waals surface area contributed by atoms with Crippen molar-refractivity contribution >= 4 is 5.91 Å². The van der Waals surface area contributed by atoms with E-state index in [4.69, 9.17) is 9.47 Å². The van der Waals surface area contributed by atoms with Crippen LogP contribution in [-0.4, -0.2) is 62.7 Å². The molecule has 1 heterocycles. The number of nitrogens with zero attached hydrogens (tertiary/aromatic N) is 2. The highest BCUT2D eigenvalue weighted by atomic mass is 16.5. The first-order valence-corrected chi connectivity index (χ1v) is 6.86. The number of likely N-dealkylation sites (N-methyl/N-ethyl adjacent to an activating group) is 1. The molecule has 20 heavy (non-hydrogen) atoms. The molecular formula is C15H22N2O3. The van der Waals surface area contributed by atoms with Crippen LogP contribution in [0.1, 0.15) is 5.56 Å². The lowest BCUT2D eigenvalue weighted by Gasteiger charge is -2.28. The Morgan fingerprint density at radius 1 is 1.40 bits per heavy atom. The van der Waals surface area contributed by atoms with Crippen molar-refractivity contribution in [3.05, 3.63) is 29.8 Å². The van der Waals surface area contributed by atoms with E-state index in [1.165, 1.54) is 0 Å². The molecular weight excluding hydrogens is 256 g/mol. The molecule has 1 aliphatic rings. The number of amides is 1. The van der Waals surface area contributed by atoms with Crippen molar-refractivity contribution in [3.8, 4) is 5.75 Å². The van der Waals surface area contributed by atoms with E-state index in [0.717, 1.165) is 17.9 Å². The molecule has 1 fully saturated rings. The zero-order chi connectivity index (χ0) is 14.4. The SMILES string of the molecule is COc1cccc(CN(C)CC(=O)N2CCOCC2)c1. The summed E-state index contributed by atoms with van der Waals surface area (Å²) >= 11 is 0. The second-order valence-electron chi connectivity index (χ2n) is 5.02. The van der Waals surface area contributed by atoms with Crippen molar-refractivity contribution in [2.75, 3.05) is 47.0 Å². The van der Waals surface area contributed by atoms with Crippen LogP contribution in [0.5, 0.6) is 5.75 Å². The number of methoxy groups -OCH3 is 1. The standard InChI is InChI=1S/C15H22N2O3/c1-16(11-13-4-3-5-14(10-13)19-2)12-15(18)17-6-8-20-9-7-17/h3-5,10H,6-9,11-12H2,1-2H3. The Kier molecular flexibility index (Phi) is 5.38. The lowest BCUT2D eigenvalue weighted by atomic mass is 10.2. The van der Waals surface area contributed by atoms with Gasteiger partial charge < -0.3 is 14.4 Å². The first-order chi connectivity index (χ1) is 9.69. The van der Waals surface area contributed by atoms with Gasteiger partial charge in [0.2, 0.25) is 5.91 Å². The molecule has 0 radical (unpaired) electrons. The summed E-state index contributed by atoms with van der Waals surface area (Å²) in [6.45, 7) is 3.85. The number of rotatable bonds is 5. The molecule has 5 heteroatoms. The number of ether oxygens (including phenoxy) is 2. The Bertz CT molecular complexity index is 444. The quantitative estimate of drug-likeness (QED) is 0.805. The van der Waals surface area contributed by atoms with E-state index in [1.807, 2.05) is 41.1 Å². The molecule has 0 aliphatic carbocycles. The van der Waals surface area contributed by atoms with Gasteiger partial charge in [-0.05, 0) is 24.7 Å². The molecule has 5 nitrogen and oxygen atoms in total. The van der Waals surface area contributed by atoms with Crippen LogP contribution < -0.4 is 4.74 Å². The summed E-state index contributed by atoms with van der Waals surface area (Å²) in [6.07, 6.45) is 0. The van der Waals surface area contributed by atoms with Gasteiger partial charge in [0, 0.05) is 19.6 Å². The Labute approximate surface area is 120 Å². The van der Waals surface area contributed by atoms with Gasteiger partial charge in [-0.2, -0.15) is 0 Å². The maximum absolute atomic E-state index is 12.1. The van der Waals surface area contributed by atoms with Crippen LogP contribution in [0.3, 0.4) is 0 Å². The van der Waals surface area contributed by atoms with Gasteiger partial charge >= 0.3 is 0 Å². The topological polar surface area (TPSA) is 42.0 Å². The predicted octanol–water partition coefficient (Wildman–Crippen LogP) is 0.986. The third-order valence-electron chi connectivity index (χ3n) is 3.36. The van der Waals surface area contributed by atoms with E-state index in [2.05, 4.69) is 0 Å². The summed E-state index contributed by atoms with van der Waals surface area (Å²) in [6, 6.07) is 7.92. The van der Waals surface area contributed by atoms with Crippen LogP contribution in [0.15, 0.2) is 24.3 Å². The van der Waals surface area contributed by atoms with E-state index in [0.29, 0.717) is 32.8 Å². The van der Waals surface area contributed by atoms with Crippen LogP contribution in [0.2, 0.25) is 0 Å². The lowest BCUT2D eigenvalue weighted by molar-refractivity contribution is -0.136. The number of hydrogen-bond acceptors (Lipinski definition) is 4. The highest BCUT2D eigenvalue weighted by Crippen LogP contribution is 2.13. The number of hydrogen-bond donors (Lipinski definition) is 0. The molecule has 2 rings (SSSR count). The summed E-state index contributed by atoms with van der Waals surface area (Å²) < 4.78 is 10.5. The van der Waals surface area contributed by atoms with Crippen molar-refractivity contribution in [3.63, 3.8) is 0 Å². The predicted molar refractivity (Wildman–Crippen MR) is 76.7 cm³/mol. The zero-order valence-corrected chi connectivity index (χ0v) is 12.2. The molecule has 0 bridgehead atoms. The minimum Gasteiger partial charge on any atom is -0.497 e. The van der Waals surface area contributed by atoms with Crippen LogP contribution in [0.4, 0.5) is 0 Å². The maximum atomic E-state index is 12.1. The van der Waals surface area contributed by atoms with E-state index >= 15 is 0 Å². The molecule has 0 spiro atoms. The van der Waals surface area contributed by atoms with Crippen molar-refractivity contribution < 1.29 is 14.3 Å². The smallest absolute Gasteiger partial charge is 0.236 e. The van der Waals surface area contributed by atoms with E-state index in [1.54, 1.807) is 7.11 Å². The van der Waals surface area contributed by atoms with E-state index in [9.17, 15) is 4.79 Å². The Hall–Kier alpha value is -1.59. The molecule has 1 amide bonds. The summed E-state index contributed by atoms with van der Waals surface area (Å²) in [4.78, 5) is 16.0. The van der Waals surface area contributed by atoms with Gasteiger partial charge in [-0.1, -0.05) is 12.1 Å². The van der Waals surface area contributed by atoms with Gasteiger partial charge in [0.25, 0.3) is 0 Å². The van der Waals surface area contributed by atoms with Crippen molar-refractivity contribution in [2.24, 2.45) is 0 Å². The van der Waals surface area contributed by atoms with Crippen LogP contribution in [0.25, 0.3) is 0 Å². The fraction of sp³-hybridized carbons (Fsp3) is 0.533. The molecule has 0 N–H and O–H groups in total. The first-order valence-electron chi connectivity index (χ1n) is 6.86. The van der Waals surface area contributed by atoms with Crippen LogP contribution >= 0.6 is 0 Å². The normalized spacial score (nSPS) is 15.4. The highest BCUT2D eigenvalue weighted by Gasteiger charge is 2.18. The molecule has 1 aromatic rings. The van der Waals surface area contributed by atoms with Gasteiger partial charge in [0.15, 0.2) is 0 Å². The summed E-state index contributed by atoms with van der Waals surface area (Å²) in [5.74, 6) is 1.01. The fourth-order valence-electron chi connectivity index (χ4n) is 2.28. The summed E-state index contributed by atoms with van der Waals surface area (Å²) in [5.41, 5.74) is 1.14. The highest BCUT2D eigenvalue weighted by molar-refractivity contribution is 5.78. The summed E-state index contributed by atoms with van der Waals surface area (Å²) in [7, 11) is 3.61. The zero-order valence-electron chi connectivity index (χ0n) is 12.2. The summed E-state index contributed by atoms with van der Waals surface area (Å²) in [5, 5.41) is 0. The molecule has 110 valence electrons. The van der Waals surface area contributed by atoms with Crippen LogP contribution in [0, 0.1) is 0 Å². The minimum atomic E-state index is 0.165. The Morgan fingerprint density at radius 2 is 2.15 bits per heavy atom. The Balaban J connectivity index is 1.84. The van der Waals surface area contributed by atoms with Crippen LogP contribution in [-0.2, 0) is 16.1 Å². The molecule has 1 saturated heterocycles. The van der Waals surface area contributed by atoms with Crippen molar-refractivity contribution in [1.29, 1.82) is 0 Å². The molecule has 0 aromatic heterocycles. The monoisotopic (exact) mass is 278 g/mol. The third kappa shape index (κ3) is 4.21. The van der Waals surface area contributed by atoms with Gasteiger partial charge in [0.05, 0.1) is 26.9 Å². The second kappa shape index (κ2) is 7.26.